The number of aliphatic hydroxyl groups excluding tert-OH is 1. The molecule has 21 heavy (non-hydrogen) atoms. The molecule has 0 heterocycles. The molecule has 0 saturated heterocycles. The van der Waals surface area contributed by atoms with Crippen LogP contribution >= 0.6 is 11.6 Å². The van der Waals surface area contributed by atoms with Crippen LogP contribution < -0.4 is 0 Å². The number of hydrogen-bond acceptors (Lipinski definition) is 1. The molecule has 0 radical (unpaired) electrons. The molecule has 3 heteroatoms. The zero-order chi connectivity index (χ0) is 14.6. The van der Waals surface area contributed by atoms with E-state index in [-0.39, 0.29) is 5.92 Å². The molecule has 2 aliphatic rings. The van der Waals surface area contributed by atoms with E-state index in [0.29, 0.717) is 22.4 Å². The standard InChI is InChI=1S/C18H16ClFO/c19-11-6-8-13(15(20)9-11)18(21)17-14-7-5-10-3-1-2-4-12(10)16(14)17/h1-4,6,8-9,14,16-18,21H,5,7H2. The fraction of sp³-hybridized carbons (Fsp3) is 0.333. The highest BCUT2D eigenvalue weighted by molar-refractivity contribution is 6.30. The van der Waals surface area contributed by atoms with Gasteiger partial charge in [-0.05, 0) is 53.9 Å². The predicted octanol–water partition coefficient (Wildman–Crippen LogP) is 4.49. The fourth-order valence-electron chi connectivity index (χ4n) is 4.00. The summed E-state index contributed by atoms with van der Waals surface area (Å²) in [5, 5.41) is 11.0. The van der Waals surface area contributed by atoms with Crippen molar-refractivity contribution in [3.63, 3.8) is 0 Å². The topological polar surface area (TPSA) is 20.2 Å². The highest BCUT2D eigenvalue weighted by atomic mass is 35.5. The lowest BCUT2D eigenvalue weighted by molar-refractivity contribution is 0.140. The molecule has 0 spiro atoms. The minimum Gasteiger partial charge on any atom is -0.388 e. The number of benzene rings is 2. The van der Waals surface area contributed by atoms with Gasteiger partial charge in [-0.3, -0.25) is 0 Å². The molecular formula is C18H16ClFO. The van der Waals surface area contributed by atoms with E-state index in [1.807, 2.05) is 6.07 Å². The molecule has 2 aromatic rings. The van der Waals surface area contributed by atoms with Gasteiger partial charge in [-0.1, -0.05) is 41.9 Å². The summed E-state index contributed by atoms with van der Waals surface area (Å²) < 4.78 is 14.0. The van der Waals surface area contributed by atoms with E-state index >= 15 is 0 Å². The molecule has 4 atom stereocenters. The van der Waals surface area contributed by atoms with Crippen molar-refractivity contribution in [3.8, 4) is 0 Å². The van der Waals surface area contributed by atoms with Crippen molar-refractivity contribution >= 4 is 11.6 Å². The first-order valence-electron chi connectivity index (χ1n) is 7.37. The Morgan fingerprint density at radius 3 is 2.81 bits per heavy atom. The normalized spacial score (nSPS) is 27.7. The van der Waals surface area contributed by atoms with Crippen molar-refractivity contribution in [2.45, 2.75) is 24.9 Å². The molecule has 108 valence electrons. The highest BCUT2D eigenvalue weighted by Gasteiger charge is 2.56. The summed E-state index contributed by atoms with van der Waals surface area (Å²) in [6.45, 7) is 0. The Morgan fingerprint density at radius 2 is 2.00 bits per heavy atom. The van der Waals surface area contributed by atoms with Crippen LogP contribution in [0.4, 0.5) is 4.39 Å². The number of fused-ring (bicyclic) bond motifs is 3. The second kappa shape index (κ2) is 4.82. The van der Waals surface area contributed by atoms with E-state index in [9.17, 15) is 9.50 Å². The third-order valence-electron chi connectivity index (χ3n) is 5.04. The third-order valence-corrected chi connectivity index (χ3v) is 5.27. The van der Waals surface area contributed by atoms with Crippen LogP contribution in [-0.4, -0.2) is 5.11 Å². The monoisotopic (exact) mass is 302 g/mol. The SMILES string of the molecule is OC(c1ccc(Cl)cc1F)C1C2CCc3ccccc3C21. The first-order valence-corrected chi connectivity index (χ1v) is 7.75. The van der Waals surface area contributed by atoms with Crippen LogP contribution in [-0.2, 0) is 6.42 Å². The summed E-state index contributed by atoms with van der Waals surface area (Å²) in [7, 11) is 0. The van der Waals surface area contributed by atoms with Crippen LogP contribution in [0, 0.1) is 17.7 Å². The maximum absolute atomic E-state index is 14.0. The Labute approximate surface area is 128 Å². The van der Waals surface area contributed by atoms with Gasteiger partial charge < -0.3 is 5.11 Å². The minimum atomic E-state index is -0.747. The summed E-state index contributed by atoms with van der Waals surface area (Å²) in [5.41, 5.74) is 3.09. The van der Waals surface area contributed by atoms with E-state index in [1.54, 1.807) is 12.1 Å². The van der Waals surface area contributed by atoms with Crippen molar-refractivity contribution in [2.75, 3.05) is 0 Å². The quantitative estimate of drug-likeness (QED) is 0.866. The summed E-state index contributed by atoms with van der Waals surface area (Å²) in [6, 6.07) is 13.0. The summed E-state index contributed by atoms with van der Waals surface area (Å²) in [6.07, 6.45) is 1.39. The van der Waals surface area contributed by atoms with Crippen LogP contribution in [0.3, 0.4) is 0 Å². The Bertz CT molecular complexity index is 699. The second-order valence-electron chi connectivity index (χ2n) is 6.12. The average Bonchev–Trinajstić information content (AvgIpc) is 3.21. The molecule has 0 amide bonds. The maximum atomic E-state index is 14.0. The number of hydrogen-bond donors (Lipinski definition) is 1. The van der Waals surface area contributed by atoms with E-state index in [2.05, 4.69) is 18.2 Å². The lowest BCUT2D eigenvalue weighted by atomic mass is 9.92. The molecule has 0 aromatic heterocycles. The number of aryl methyl sites for hydroxylation is 1. The van der Waals surface area contributed by atoms with Crippen molar-refractivity contribution in [1.82, 2.24) is 0 Å². The number of rotatable bonds is 2. The number of aliphatic hydroxyl groups is 1. The first-order chi connectivity index (χ1) is 10.2. The van der Waals surface area contributed by atoms with Gasteiger partial charge >= 0.3 is 0 Å². The largest absolute Gasteiger partial charge is 0.388 e. The molecule has 0 bridgehead atoms. The lowest BCUT2D eigenvalue weighted by Crippen LogP contribution is -2.05. The highest BCUT2D eigenvalue weighted by Crippen LogP contribution is 2.64. The molecule has 1 saturated carbocycles. The smallest absolute Gasteiger partial charge is 0.130 e. The molecule has 2 aromatic carbocycles. The van der Waals surface area contributed by atoms with Crippen molar-refractivity contribution in [2.24, 2.45) is 11.8 Å². The molecule has 4 unspecified atom stereocenters. The summed E-state index contributed by atoms with van der Waals surface area (Å²) in [4.78, 5) is 0. The van der Waals surface area contributed by atoms with Gasteiger partial charge in [0.25, 0.3) is 0 Å². The van der Waals surface area contributed by atoms with Gasteiger partial charge in [0.1, 0.15) is 5.82 Å². The van der Waals surface area contributed by atoms with Crippen molar-refractivity contribution < 1.29 is 9.50 Å². The lowest BCUT2D eigenvalue weighted by Gasteiger charge is -2.14. The third kappa shape index (κ3) is 2.09. The van der Waals surface area contributed by atoms with Gasteiger partial charge in [-0.25, -0.2) is 4.39 Å². The average molecular weight is 303 g/mol. The number of halogens is 2. The van der Waals surface area contributed by atoms with E-state index < -0.39 is 11.9 Å². The van der Waals surface area contributed by atoms with Gasteiger partial charge in [-0.2, -0.15) is 0 Å². The maximum Gasteiger partial charge on any atom is 0.130 e. The van der Waals surface area contributed by atoms with Crippen LogP contribution in [0.25, 0.3) is 0 Å². The zero-order valence-electron chi connectivity index (χ0n) is 11.5. The Kier molecular flexibility index (Phi) is 3.05. The van der Waals surface area contributed by atoms with Gasteiger partial charge in [0, 0.05) is 10.6 Å². The molecule has 2 aliphatic carbocycles. The van der Waals surface area contributed by atoms with Crippen molar-refractivity contribution in [3.05, 3.63) is 70.0 Å². The first kappa shape index (κ1) is 13.3. The molecule has 1 N–H and O–H groups in total. The van der Waals surface area contributed by atoms with Crippen LogP contribution in [0.2, 0.25) is 5.02 Å². The van der Waals surface area contributed by atoms with Crippen LogP contribution in [0.5, 0.6) is 0 Å². The summed E-state index contributed by atoms with van der Waals surface area (Å²) >= 11 is 5.78. The van der Waals surface area contributed by atoms with Crippen molar-refractivity contribution in [1.29, 1.82) is 0 Å². The predicted molar refractivity (Wildman–Crippen MR) is 80.9 cm³/mol. The van der Waals surface area contributed by atoms with Crippen LogP contribution in [0.1, 0.15) is 35.1 Å². The van der Waals surface area contributed by atoms with E-state index in [1.165, 1.54) is 17.2 Å². The minimum absolute atomic E-state index is 0.129. The zero-order valence-corrected chi connectivity index (χ0v) is 12.2. The molecule has 1 nitrogen and oxygen atoms in total. The molecule has 1 fully saturated rings. The van der Waals surface area contributed by atoms with Gasteiger partial charge in [0.2, 0.25) is 0 Å². The van der Waals surface area contributed by atoms with Crippen LogP contribution in [0.15, 0.2) is 42.5 Å². The Hall–Kier alpha value is -1.38. The Morgan fingerprint density at radius 1 is 1.19 bits per heavy atom. The van der Waals surface area contributed by atoms with Gasteiger partial charge in [-0.15, -0.1) is 0 Å². The molecule has 4 rings (SSSR count). The van der Waals surface area contributed by atoms with Gasteiger partial charge in [0.05, 0.1) is 6.10 Å². The van der Waals surface area contributed by atoms with Gasteiger partial charge in [0.15, 0.2) is 0 Å². The molecular weight excluding hydrogens is 287 g/mol. The van der Waals surface area contributed by atoms with E-state index in [0.717, 1.165) is 12.8 Å². The fourth-order valence-corrected chi connectivity index (χ4v) is 4.16. The summed E-state index contributed by atoms with van der Waals surface area (Å²) in [5.74, 6) is 0.571. The second-order valence-corrected chi connectivity index (χ2v) is 6.55. The Balaban J connectivity index is 1.65. The van der Waals surface area contributed by atoms with E-state index in [4.69, 9.17) is 11.6 Å². The molecule has 0 aliphatic heterocycles.